The van der Waals surface area contributed by atoms with Gasteiger partial charge in [-0.2, -0.15) is 0 Å². The first-order valence-electron chi connectivity index (χ1n) is 9.17. The van der Waals surface area contributed by atoms with E-state index in [4.69, 9.17) is 0 Å². The van der Waals surface area contributed by atoms with Gasteiger partial charge in [0.1, 0.15) is 24.3 Å². The first kappa shape index (κ1) is 17.1. The summed E-state index contributed by atoms with van der Waals surface area (Å²) in [5, 5.41) is 24.3. The fraction of sp³-hybridized carbons (Fsp3) is 0.400. The van der Waals surface area contributed by atoms with Gasteiger partial charge in [0.05, 0.1) is 4.92 Å². The van der Waals surface area contributed by atoms with Crippen LogP contribution in [0.5, 0.6) is 0 Å². The van der Waals surface area contributed by atoms with Crippen molar-refractivity contribution in [1.29, 1.82) is 0 Å². The predicted octanol–water partition coefficient (Wildman–Crippen LogP) is 3.79. The number of piperidine rings is 1. The Hall–Kier alpha value is -2.28. The zero-order valence-electron chi connectivity index (χ0n) is 14.7. The fourth-order valence-electron chi connectivity index (χ4n) is 4.46. The normalized spacial score (nSPS) is 29.1. The average molecular weight is 353 g/mol. The second-order valence-electron chi connectivity index (χ2n) is 7.42. The third kappa shape index (κ3) is 2.80. The highest BCUT2D eigenvalue weighted by Crippen LogP contribution is 2.46. The highest BCUT2D eigenvalue weighted by atomic mass is 16.6. The highest BCUT2D eigenvalue weighted by Gasteiger charge is 2.57. The summed E-state index contributed by atoms with van der Waals surface area (Å²) >= 11 is 0. The maximum absolute atomic E-state index is 13.4. The molecule has 0 N–H and O–H groups in total. The van der Waals surface area contributed by atoms with Crippen LogP contribution in [0.25, 0.3) is 0 Å². The molecule has 0 radical (unpaired) electrons. The van der Waals surface area contributed by atoms with Gasteiger partial charge in [-0.15, -0.1) is 0 Å². The Kier molecular flexibility index (Phi) is 4.26. The number of hydrogen-bond acceptors (Lipinski definition) is 4. The van der Waals surface area contributed by atoms with Crippen molar-refractivity contribution in [3.05, 3.63) is 75.5 Å². The van der Waals surface area contributed by atoms with E-state index in [1.165, 1.54) is 37.0 Å². The molecule has 136 valence electrons. The van der Waals surface area contributed by atoms with Crippen LogP contribution in [0.1, 0.15) is 24.8 Å². The maximum atomic E-state index is 13.4. The smallest absolute Gasteiger partial charge is 0.269 e. The van der Waals surface area contributed by atoms with Gasteiger partial charge in [-0.3, -0.25) is 15.0 Å². The molecule has 2 aromatic rings. The number of hydroxylamine groups is 2. The molecule has 6 heteroatoms. The minimum Gasteiger partial charge on any atom is -0.627 e. The van der Waals surface area contributed by atoms with E-state index < -0.39 is 9.57 Å². The molecule has 2 heterocycles. The first-order chi connectivity index (χ1) is 12.5. The van der Waals surface area contributed by atoms with E-state index in [1.54, 1.807) is 12.1 Å². The Morgan fingerprint density at radius 3 is 2.12 bits per heavy atom. The van der Waals surface area contributed by atoms with Crippen molar-refractivity contribution in [2.45, 2.75) is 24.8 Å². The summed E-state index contributed by atoms with van der Waals surface area (Å²) in [5.41, 5.74) is 1.59. The van der Waals surface area contributed by atoms with Crippen molar-refractivity contribution in [2.24, 2.45) is 0 Å². The summed E-state index contributed by atoms with van der Waals surface area (Å²) < 4.78 is -0.427. The molecule has 0 spiro atoms. The second-order valence-corrected chi connectivity index (χ2v) is 7.42. The van der Waals surface area contributed by atoms with Gasteiger partial charge in [0.15, 0.2) is 0 Å². The van der Waals surface area contributed by atoms with Crippen molar-refractivity contribution in [3.8, 4) is 0 Å². The molecular formula is C20H23N3O3. The van der Waals surface area contributed by atoms with E-state index in [2.05, 4.69) is 17.0 Å². The molecule has 0 aromatic heterocycles. The van der Waals surface area contributed by atoms with Gasteiger partial charge >= 0.3 is 0 Å². The number of likely N-dealkylation sites (tertiary alicyclic amines) is 1. The molecule has 4 rings (SSSR count). The van der Waals surface area contributed by atoms with Crippen molar-refractivity contribution in [2.75, 3.05) is 26.2 Å². The summed E-state index contributed by atoms with van der Waals surface area (Å²) in [6.07, 6.45) is 3.59. The number of benzene rings is 2. The Labute approximate surface area is 153 Å². The summed E-state index contributed by atoms with van der Waals surface area (Å²) in [6, 6.07) is 16.4. The first-order valence-corrected chi connectivity index (χ1v) is 9.17. The lowest BCUT2D eigenvalue weighted by Crippen LogP contribution is -2.76. The van der Waals surface area contributed by atoms with Crippen LogP contribution in [0.2, 0.25) is 0 Å². The van der Waals surface area contributed by atoms with Crippen LogP contribution in [0.15, 0.2) is 54.6 Å². The van der Waals surface area contributed by atoms with Crippen molar-refractivity contribution < 1.29 is 4.92 Å². The predicted molar refractivity (Wildman–Crippen MR) is 102 cm³/mol. The van der Waals surface area contributed by atoms with Crippen LogP contribution in [-0.2, 0) is 5.54 Å². The SMILES string of the molecule is O=[N+]([O-])c1ccc([N+]2([O-])CC(c3ccccc3)(N3CCCCC3)C2)cc1. The number of hydrogen-bond donors (Lipinski definition) is 0. The Morgan fingerprint density at radius 2 is 1.54 bits per heavy atom. The number of nitro benzene ring substituents is 1. The molecule has 0 aliphatic carbocycles. The number of rotatable bonds is 4. The monoisotopic (exact) mass is 353 g/mol. The molecule has 2 aliphatic heterocycles. The molecule has 26 heavy (non-hydrogen) atoms. The second kappa shape index (κ2) is 6.46. The van der Waals surface area contributed by atoms with Gasteiger partial charge in [0, 0.05) is 24.3 Å². The summed E-state index contributed by atoms with van der Waals surface area (Å²) in [5.74, 6) is 0. The van der Waals surface area contributed by atoms with Gasteiger partial charge in [-0.25, -0.2) is 0 Å². The van der Waals surface area contributed by atoms with Crippen LogP contribution in [-0.4, -0.2) is 36.0 Å². The van der Waals surface area contributed by atoms with Crippen LogP contribution in [0.4, 0.5) is 11.4 Å². The molecule has 2 aliphatic rings. The van der Waals surface area contributed by atoms with Crippen molar-refractivity contribution in [1.82, 2.24) is 9.55 Å². The van der Waals surface area contributed by atoms with Crippen LogP contribution in [0.3, 0.4) is 0 Å². The third-order valence-electron chi connectivity index (χ3n) is 5.84. The molecule has 2 fully saturated rings. The molecule has 2 aromatic carbocycles. The van der Waals surface area contributed by atoms with Crippen molar-refractivity contribution in [3.63, 3.8) is 0 Å². The van der Waals surface area contributed by atoms with Gasteiger partial charge in [-0.1, -0.05) is 36.8 Å². The average Bonchev–Trinajstić information content (AvgIpc) is 2.67. The number of quaternary nitrogens is 1. The minimum absolute atomic E-state index is 0.0197. The maximum Gasteiger partial charge on any atom is 0.269 e. The molecule has 0 unspecified atom stereocenters. The summed E-state index contributed by atoms with van der Waals surface area (Å²) in [7, 11) is 0. The molecule has 0 bridgehead atoms. The lowest BCUT2D eigenvalue weighted by atomic mass is 9.78. The van der Waals surface area contributed by atoms with Crippen LogP contribution >= 0.6 is 0 Å². The lowest BCUT2D eigenvalue weighted by Gasteiger charge is -2.63. The zero-order chi connectivity index (χ0) is 18.2. The van der Waals surface area contributed by atoms with Gasteiger partial charge < -0.3 is 9.85 Å². The Bertz CT molecular complexity index is 780. The molecule has 0 amide bonds. The Morgan fingerprint density at radius 1 is 0.923 bits per heavy atom. The quantitative estimate of drug-likeness (QED) is 0.363. The lowest BCUT2D eigenvalue weighted by molar-refractivity contribution is -0.384. The third-order valence-corrected chi connectivity index (χ3v) is 5.84. The van der Waals surface area contributed by atoms with E-state index >= 15 is 0 Å². The largest absolute Gasteiger partial charge is 0.627 e. The summed E-state index contributed by atoms with van der Waals surface area (Å²) in [6.45, 7) is 2.95. The standard InChI is InChI=1S/C20H23N3O3/c24-22(25)18-9-11-19(12-10-18)23(26)15-20(16-23,17-7-3-1-4-8-17)21-13-5-2-6-14-21/h1,3-4,7-12H,2,5-6,13-16H2. The fourth-order valence-corrected chi connectivity index (χ4v) is 4.46. The number of non-ortho nitro benzene ring substituents is 1. The van der Waals surface area contributed by atoms with E-state index in [0.717, 1.165) is 13.1 Å². The van der Waals surface area contributed by atoms with Crippen molar-refractivity contribution >= 4 is 11.4 Å². The molecule has 0 atom stereocenters. The molecule has 2 saturated heterocycles. The van der Waals surface area contributed by atoms with Gasteiger partial charge in [0.2, 0.25) is 0 Å². The zero-order valence-corrected chi connectivity index (χ0v) is 14.7. The van der Waals surface area contributed by atoms with Crippen LogP contribution in [0, 0.1) is 15.3 Å². The van der Waals surface area contributed by atoms with E-state index in [-0.39, 0.29) is 11.2 Å². The summed E-state index contributed by atoms with van der Waals surface area (Å²) in [4.78, 5) is 12.9. The topological polar surface area (TPSA) is 69.4 Å². The van der Waals surface area contributed by atoms with Crippen LogP contribution < -0.4 is 4.65 Å². The number of nitro groups is 1. The molecule has 6 nitrogen and oxygen atoms in total. The van der Waals surface area contributed by atoms with Gasteiger partial charge in [-0.05, 0) is 31.5 Å². The van der Waals surface area contributed by atoms with E-state index in [1.807, 2.05) is 18.2 Å². The molecular weight excluding hydrogens is 330 g/mol. The number of nitrogens with zero attached hydrogens (tertiary/aromatic N) is 3. The minimum atomic E-state index is -0.434. The highest BCUT2D eigenvalue weighted by molar-refractivity contribution is 5.53. The molecule has 0 saturated carbocycles. The van der Waals surface area contributed by atoms with E-state index in [9.17, 15) is 15.3 Å². The Balaban J connectivity index is 1.63. The van der Waals surface area contributed by atoms with E-state index in [0.29, 0.717) is 18.8 Å². The van der Waals surface area contributed by atoms with Gasteiger partial charge in [0.25, 0.3) is 5.69 Å².